The molecule has 0 amide bonds. The van der Waals surface area contributed by atoms with Crippen molar-refractivity contribution < 1.29 is 120 Å². The van der Waals surface area contributed by atoms with Crippen LogP contribution in [0.4, 0.5) is 0 Å². The molecule has 4 rings (SSSR count). The third-order valence-corrected chi connectivity index (χ3v) is 10.1. The molecule has 22 unspecified atom stereocenters. The van der Waals surface area contributed by atoms with Crippen LogP contribution in [0.25, 0.3) is 0 Å². The highest BCUT2D eigenvalue weighted by Crippen LogP contribution is 2.34. The van der Waals surface area contributed by atoms with Gasteiger partial charge >= 0.3 is 0 Å². The van der Waals surface area contributed by atoms with Crippen LogP contribution in [0, 0.1) is 0 Å². The van der Waals surface area contributed by atoms with E-state index in [2.05, 4.69) is 5.32 Å². The van der Waals surface area contributed by atoms with E-state index in [1.54, 1.807) is 0 Å². The fraction of sp³-hybridized carbons (Fsp3) is 0.903. The Hall–Kier alpha value is -1.55. The van der Waals surface area contributed by atoms with Crippen LogP contribution in [0.2, 0.25) is 0 Å². The molecule has 326 valence electrons. The molecular weight excluding hydrogens is 770 g/mol. The average molecular weight is 824 g/mol. The molecule has 3 saturated heterocycles. The highest BCUT2D eigenvalue weighted by atomic mass is 16.8. The zero-order valence-corrected chi connectivity index (χ0v) is 29.5. The van der Waals surface area contributed by atoms with E-state index >= 15 is 0 Å². The van der Waals surface area contributed by atoms with E-state index in [1.165, 1.54) is 0 Å². The molecule has 0 aromatic heterocycles. The molecule has 56 heavy (non-hydrogen) atoms. The first kappa shape index (κ1) is 47.1. The molecular formula is C31H53NO24. The molecule has 3 fully saturated rings. The Morgan fingerprint density at radius 1 is 0.589 bits per heavy atom. The number of aliphatic hydroxyl groups is 17. The zero-order valence-electron chi connectivity index (χ0n) is 29.5. The van der Waals surface area contributed by atoms with Crippen LogP contribution >= 0.6 is 0 Å². The Kier molecular flexibility index (Phi) is 17.4. The summed E-state index contributed by atoms with van der Waals surface area (Å²) in [5, 5.41) is 177. The fourth-order valence-corrected chi connectivity index (χ4v) is 6.79. The van der Waals surface area contributed by atoms with E-state index in [1.807, 2.05) is 0 Å². The van der Waals surface area contributed by atoms with Gasteiger partial charge in [0, 0.05) is 0 Å². The molecule has 18 N–H and O–H groups in total. The minimum atomic E-state index is -2.11. The zero-order chi connectivity index (χ0) is 41.8. The molecule has 0 radical (unpaired) electrons. The second kappa shape index (κ2) is 20.6. The van der Waals surface area contributed by atoms with Gasteiger partial charge in [-0.1, -0.05) is 6.08 Å². The van der Waals surface area contributed by atoms with Gasteiger partial charge < -0.3 is 115 Å². The highest BCUT2D eigenvalue weighted by Gasteiger charge is 2.54. The van der Waals surface area contributed by atoms with Gasteiger partial charge in [-0.15, -0.1) is 0 Å². The number of Topliss-reactive ketones (excluding diaryl/α,β-unsaturated/α-hetero) is 1. The third-order valence-electron chi connectivity index (χ3n) is 10.1. The molecule has 25 heteroatoms. The van der Waals surface area contributed by atoms with E-state index < -0.39 is 180 Å². The van der Waals surface area contributed by atoms with Crippen LogP contribution in [0.15, 0.2) is 11.6 Å². The lowest BCUT2D eigenvalue weighted by Gasteiger charge is -2.48. The number of hydrogen-bond acceptors (Lipinski definition) is 25. The van der Waals surface area contributed by atoms with E-state index in [9.17, 15) is 86.5 Å². The predicted molar refractivity (Wildman–Crippen MR) is 173 cm³/mol. The highest BCUT2D eigenvalue weighted by molar-refractivity contribution is 5.88. The number of ether oxygens (including phenoxy) is 6. The smallest absolute Gasteiger partial charge is 0.187 e. The molecule has 22 atom stereocenters. The number of aliphatic hydroxyl groups excluding tert-OH is 17. The fourth-order valence-electron chi connectivity index (χ4n) is 6.79. The summed E-state index contributed by atoms with van der Waals surface area (Å²) in [7, 11) is 0. The minimum absolute atomic E-state index is 0.208. The van der Waals surface area contributed by atoms with Gasteiger partial charge in [-0.3, -0.25) is 10.1 Å². The van der Waals surface area contributed by atoms with E-state index in [-0.39, 0.29) is 5.57 Å². The number of carbonyl (C=O) groups excluding carboxylic acids is 1. The summed E-state index contributed by atoms with van der Waals surface area (Å²) in [4.78, 5) is 12.5. The van der Waals surface area contributed by atoms with Crippen molar-refractivity contribution in [3.63, 3.8) is 0 Å². The predicted octanol–water partition coefficient (Wildman–Crippen LogP) is -11.9. The first-order chi connectivity index (χ1) is 26.5. The second-order valence-corrected chi connectivity index (χ2v) is 13.8. The summed E-state index contributed by atoms with van der Waals surface area (Å²) in [6.07, 6.45) is -36.0. The number of hydrogen-bond donors (Lipinski definition) is 18. The van der Waals surface area contributed by atoms with Crippen molar-refractivity contribution in [2.75, 3.05) is 39.6 Å². The molecule has 25 nitrogen and oxygen atoms in total. The lowest BCUT2D eigenvalue weighted by atomic mass is 9.86. The lowest BCUT2D eigenvalue weighted by molar-refractivity contribution is -0.381. The summed E-state index contributed by atoms with van der Waals surface area (Å²) in [5.41, 5.74) is -0.208. The molecule has 3 aliphatic heterocycles. The topological polar surface area (TPSA) is 428 Å². The van der Waals surface area contributed by atoms with Crippen LogP contribution in [0.5, 0.6) is 0 Å². The minimum Gasteiger partial charge on any atom is -0.394 e. The van der Waals surface area contributed by atoms with Gasteiger partial charge in [-0.25, -0.2) is 0 Å². The summed E-state index contributed by atoms with van der Waals surface area (Å²) < 4.78 is 33.1. The van der Waals surface area contributed by atoms with Gasteiger partial charge in [0.25, 0.3) is 0 Å². The van der Waals surface area contributed by atoms with Crippen molar-refractivity contribution in [3.05, 3.63) is 11.6 Å². The van der Waals surface area contributed by atoms with Crippen molar-refractivity contribution in [1.29, 1.82) is 0 Å². The number of ketones is 1. The van der Waals surface area contributed by atoms with Gasteiger partial charge in [0.1, 0.15) is 97.7 Å². The van der Waals surface area contributed by atoms with Crippen molar-refractivity contribution in [1.82, 2.24) is 5.32 Å². The Labute approximate surface area is 317 Å². The van der Waals surface area contributed by atoms with Gasteiger partial charge in [0.05, 0.1) is 57.8 Å². The summed E-state index contributed by atoms with van der Waals surface area (Å²) in [6.45, 7) is -5.65. The van der Waals surface area contributed by atoms with E-state index in [4.69, 9.17) is 33.5 Å². The molecule has 0 aromatic carbocycles. The van der Waals surface area contributed by atoms with Crippen molar-refractivity contribution in [3.8, 4) is 0 Å². The van der Waals surface area contributed by atoms with E-state index in [0.717, 1.165) is 6.08 Å². The largest absolute Gasteiger partial charge is 0.394 e. The monoisotopic (exact) mass is 823 g/mol. The molecule has 0 spiro atoms. The van der Waals surface area contributed by atoms with Crippen molar-refractivity contribution in [2.24, 2.45) is 0 Å². The van der Waals surface area contributed by atoms with Crippen molar-refractivity contribution in [2.45, 2.75) is 135 Å². The summed E-state index contributed by atoms with van der Waals surface area (Å²) in [6, 6.07) is -3.24. The normalized spacial score (nSPS) is 45.2. The van der Waals surface area contributed by atoms with E-state index in [0.29, 0.717) is 0 Å². The molecule has 0 bridgehead atoms. The first-order valence-corrected chi connectivity index (χ1v) is 17.6. The number of nitrogens with one attached hydrogen (secondary N) is 1. The van der Waals surface area contributed by atoms with Gasteiger partial charge in [-0.2, -0.15) is 0 Å². The molecule has 3 heterocycles. The lowest BCUT2D eigenvalue weighted by Crippen LogP contribution is -2.67. The maximum absolute atomic E-state index is 12.5. The molecule has 1 aliphatic carbocycles. The number of rotatable bonds is 17. The van der Waals surface area contributed by atoms with Crippen LogP contribution in [-0.4, -0.2) is 267 Å². The standard InChI is InChI=1S/C31H53NO24/c33-2-8-1-9(32-15(10(39)3-34)17(42)11(40)4-35)16(41)20(45)26(8)54-30-24(49)21(46)28(13(6-37)52-30)56-31-25(50)22(47)27(14(7-38)53-31)55-29-23(48)19(44)18(43)12(5-36)51-29/h1,9-16,18-41,43-50H,2-7H2. The average Bonchev–Trinajstić information content (AvgIpc) is 3.20. The molecule has 0 saturated carbocycles. The maximum atomic E-state index is 12.5. The number of carbonyl (C=O) groups is 1. The quantitative estimate of drug-likeness (QED) is 0.0606. The van der Waals surface area contributed by atoms with Crippen LogP contribution < -0.4 is 5.32 Å². The Morgan fingerprint density at radius 2 is 1.05 bits per heavy atom. The molecule has 0 aromatic rings. The van der Waals surface area contributed by atoms with Gasteiger partial charge in [0.15, 0.2) is 24.7 Å². The maximum Gasteiger partial charge on any atom is 0.187 e. The Morgan fingerprint density at radius 3 is 1.50 bits per heavy atom. The SMILES string of the molecule is O=C(C(O)CO)C(NC1C=C(CO)C(OC2OC(CO)C(OC3OC(CO)C(OC4OC(CO)C(O)C(O)C4O)C(O)C3O)C(O)C2O)C(O)C1O)C(O)CO. The summed E-state index contributed by atoms with van der Waals surface area (Å²) >= 11 is 0. The Balaban J connectivity index is 1.45. The van der Waals surface area contributed by atoms with Crippen LogP contribution in [0.3, 0.4) is 0 Å². The summed E-state index contributed by atoms with van der Waals surface area (Å²) in [5.74, 6) is -1.18. The molecule has 4 aliphatic rings. The first-order valence-electron chi connectivity index (χ1n) is 17.6. The Bertz CT molecular complexity index is 1260. The van der Waals surface area contributed by atoms with Gasteiger partial charge in [-0.05, 0) is 5.57 Å². The third kappa shape index (κ3) is 9.90. The van der Waals surface area contributed by atoms with Crippen LogP contribution in [0.1, 0.15) is 0 Å². The van der Waals surface area contributed by atoms with Gasteiger partial charge in [0.2, 0.25) is 0 Å². The van der Waals surface area contributed by atoms with Crippen molar-refractivity contribution >= 4 is 5.78 Å². The van der Waals surface area contributed by atoms with Crippen LogP contribution in [-0.2, 0) is 33.2 Å². The second-order valence-electron chi connectivity index (χ2n) is 13.8.